The highest BCUT2D eigenvalue weighted by Crippen LogP contribution is 2.30. The minimum Gasteiger partial charge on any atom is -0.350 e. The van der Waals surface area contributed by atoms with E-state index in [1.54, 1.807) is 6.07 Å². The summed E-state index contributed by atoms with van der Waals surface area (Å²) in [5.74, 6) is -1.68. The van der Waals surface area contributed by atoms with Crippen LogP contribution in [-0.4, -0.2) is 24.2 Å². The number of nitrogens with zero attached hydrogens (tertiary/aromatic N) is 2. The number of methoxy groups -OCH3 is 2. The second kappa shape index (κ2) is 6.34. The largest absolute Gasteiger partial charge is 0.350 e. The van der Waals surface area contributed by atoms with Crippen LogP contribution in [0.25, 0.3) is 11.4 Å². The predicted molar refractivity (Wildman–Crippen MR) is 71.8 cm³/mol. The molecule has 1 heterocycles. The van der Waals surface area contributed by atoms with Crippen molar-refractivity contribution in [2.75, 3.05) is 14.2 Å². The number of hydrogen-bond acceptors (Lipinski definition) is 4. The summed E-state index contributed by atoms with van der Waals surface area (Å²) in [6.07, 6.45) is 0.844. The average molecular weight is 345 g/mol. The number of ether oxygens (including phenoxy) is 2. The van der Waals surface area contributed by atoms with Crippen molar-refractivity contribution in [1.82, 2.24) is 9.97 Å². The first-order valence-corrected chi connectivity index (χ1v) is 6.40. The molecule has 0 fully saturated rings. The first-order valence-electron chi connectivity index (χ1n) is 5.61. The van der Waals surface area contributed by atoms with Crippen molar-refractivity contribution in [3.05, 3.63) is 46.2 Å². The van der Waals surface area contributed by atoms with Crippen LogP contribution in [0.4, 0.5) is 8.78 Å². The molecule has 20 heavy (non-hydrogen) atoms. The third kappa shape index (κ3) is 2.84. The van der Waals surface area contributed by atoms with Crippen LogP contribution in [0.2, 0.25) is 0 Å². The zero-order valence-electron chi connectivity index (χ0n) is 10.7. The molecule has 0 aliphatic heterocycles. The lowest BCUT2D eigenvalue weighted by atomic mass is 10.2. The number of halogens is 3. The van der Waals surface area contributed by atoms with E-state index in [1.165, 1.54) is 26.5 Å². The normalized spacial score (nSPS) is 11.1. The van der Waals surface area contributed by atoms with E-state index in [1.807, 2.05) is 0 Å². The highest BCUT2D eigenvalue weighted by Gasteiger charge is 2.17. The Morgan fingerprint density at radius 1 is 1.15 bits per heavy atom. The van der Waals surface area contributed by atoms with Crippen molar-refractivity contribution >= 4 is 15.9 Å². The van der Waals surface area contributed by atoms with E-state index in [2.05, 4.69) is 25.9 Å². The van der Waals surface area contributed by atoms with Gasteiger partial charge in [0.25, 0.3) is 0 Å². The van der Waals surface area contributed by atoms with Gasteiger partial charge in [-0.15, -0.1) is 0 Å². The van der Waals surface area contributed by atoms with Gasteiger partial charge in [-0.05, 0) is 34.1 Å². The fourth-order valence-electron chi connectivity index (χ4n) is 1.67. The van der Waals surface area contributed by atoms with Gasteiger partial charge in [0.05, 0.1) is 4.47 Å². The van der Waals surface area contributed by atoms with Crippen LogP contribution in [0.15, 0.2) is 28.9 Å². The maximum absolute atomic E-state index is 13.5. The highest BCUT2D eigenvalue weighted by atomic mass is 79.9. The molecule has 1 aromatic heterocycles. The Kier molecular flexibility index (Phi) is 4.74. The first kappa shape index (κ1) is 15.0. The molecule has 4 nitrogen and oxygen atoms in total. The van der Waals surface area contributed by atoms with Crippen molar-refractivity contribution in [1.29, 1.82) is 0 Å². The molecule has 0 bridgehead atoms. The summed E-state index contributed by atoms with van der Waals surface area (Å²) in [5.41, 5.74) is 0.827. The molecular weight excluding hydrogens is 334 g/mol. The van der Waals surface area contributed by atoms with Gasteiger partial charge in [-0.3, -0.25) is 0 Å². The second-order valence-electron chi connectivity index (χ2n) is 3.83. The molecule has 1 aromatic carbocycles. The maximum Gasteiger partial charge on any atom is 0.200 e. The van der Waals surface area contributed by atoms with Crippen LogP contribution in [0.1, 0.15) is 12.0 Å². The molecule has 0 N–H and O–H groups in total. The lowest BCUT2D eigenvalue weighted by molar-refractivity contribution is -0.108. The van der Waals surface area contributed by atoms with E-state index >= 15 is 0 Å². The average Bonchev–Trinajstić information content (AvgIpc) is 2.47. The van der Waals surface area contributed by atoms with Gasteiger partial charge in [-0.2, -0.15) is 0 Å². The Labute approximate surface area is 122 Å². The number of rotatable bonds is 4. The Hall–Kier alpha value is -1.44. The molecule has 7 heteroatoms. The topological polar surface area (TPSA) is 44.2 Å². The predicted octanol–water partition coefficient (Wildman–Crippen LogP) is 3.48. The minimum atomic E-state index is -0.980. The molecule has 0 unspecified atom stereocenters. The lowest BCUT2D eigenvalue weighted by Gasteiger charge is -2.13. The van der Waals surface area contributed by atoms with E-state index in [9.17, 15) is 8.78 Å². The Bertz CT molecular complexity index is 621. The van der Waals surface area contributed by atoms with Gasteiger partial charge in [0.2, 0.25) is 6.29 Å². The fourth-order valence-corrected chi connectivity index (χ4v) is 2.17. The van der Waals surface area contributed by atoms with Gasteiger partial charge in [-0.1, -0.05) is 0 Å². The fraction of sp³-hybridized carbons (Fsp3) is 0.231. The van der Waals surface area contributed by atoms with E-state index in [-0.39, 0.29) is 10.3 Å². The van der Waals surface area contributed by atoms with Gasteiger partial charge in [0, 0.05) is 26.0 Å². The van der Waals surface area contributed by atoms with Crippen molar-refractivity contribution in [2.24, 2.45) is 0 Å². The third-order valence-corrected chi connectivity index (χ3v) is 3.40. The maximum atomic E-state index is 13.5. The van der Waals surface area contributed by atoms with Crippen LogP contribution in [0, 0.1) is 11.6 Å². The summed E-state index contributed by atoms with van der Waals surface area (Å²) in [4.78, 5) is 8.29. The molecule has 0 amide bonds. The summed E-state index contributed by atoms with van der Waals surface area (Å²) in [6, 6.07) is 4.04. The standard InChI is InChI=1S/C13H11BrF2N2O2/c1-19-13(20-2)9-5-6-17-12(18-9)7-3-4-8(15)11(16)10(7)14/h3-6,13H,1-2H3. The molecule has 0 atom stereocenters. The zero-order chi connectivity index (χ0) is 14.7. The Balaban J connectivity index is 2.49. The summed E-state index contributed by atoms with van der Waals surface area (Å²) in [5, 5.41) is 0. The van der Waals surface area contributed by atoms with Crippen LogP contribution >= 0.6 is 15.9 Å². The van der Waals surface area contributed by atoms with Crippen molar-refractivity contribution in [3.8, 4) is 11.4 Å². The lowest BCUT2D eigenvalue weighted by Crippen LogP contribution is -2.07. The minimum absolute atomic E-state index is 0.0268. The summed E-state index contributed by atoms with van der Waals surface area (Å²) in [7, 11) is 2.95. The van der Waals surface area contributed by atoms with Gasteiger partial charge in [0.1, 0.15) is 5.69 Å². The smallest absolute Gasteiger partial charge is 0.200 e. The molecular formula is C13H11BrF2N2O2. The van der Waals surface area contributed by atoms with Crippen molar-refractivity contribution in [2.45, 2.75) is 6.29 Å². The van der Waals surface area contributed by atoms with E-state index < -0.39 is 17.9 Å². The van der Waals surface area contributed by atoms with Crippen molar-refractivity contribution < 1.29 is 18.3 Å². The molecule has 2 aromatic rings. The molecule has 0 aliphatic rings. The van der Waals surface area contributed by atoms with Gasteiger partial charge in [-0.25, -0.2) is 18.7 Å². The molecule has 2 rings (SSSR count). The number of aromatic nitrogens is 2. The zero-order valence-corrected chi connectivity index (χ0v) is 12.3. The first-order chi connectivity index (χ1) is 9.58. The molecule has 0 spiro atoms. The van der Waals surface area contributed by atoms with Crippen LogP contribution < -0.4 is 0 Å². The Morgan fingerprint density at radius 3 is 2.50 bits per heavy atom. The van der Waals surface area contributed by atoms with Crippen LogP contribution in [0.5, 0.6) is 0 Å². The van der Waals surface area contributed by atoms with Crippen LogP contribution in [-0.2, 0) is 9.47 Å². The van der Waals surface area contributed by atoms with Crippen LogP contribution in [0.3, 0.4) is 0 Å². The SMILES string of the molecule is COC(OC)c1ccnc(-c2ccc(F)c(F)c2Br)n1. The molecule has 106 valence electrons. The van der Waals surface area contributed by atoms with Crippen molar-refractivity contribution in [3.63, 3.8) is 0 Å². The summed E-state index contributed by atoms with van der Waals surface area (Å²) < 4.78 is 36.8. The van der Waals surface area contributed by atoms with E-state index in [4.69, 9.17) is 9.47 Å². The second-order valence-corrected chi connectivity index (χ2v) is 4.62. The van der Waals surface area contributed by atoms with Gasteiger partial charge < -0.3 is 9.47 Å². The van der Waals surface area contributed by atoms with E-state index in [0.29, 0.717) is 11.3 Å². The monoisotopic (exact) mass is 344 g/mol. The third-order valence-electron chi connectivity index (χ3n) is 2.62. The molecule has 0 saturated heterocycles. The van der Waals surface area contributed by atoms with E-state index in [0.717, 1.165) is 6.07 Å². The quantitative estimate of drug-likeness (QED) is 0.629. The van der Waals surface area contributed by atoms with Gasteiger partial charge in [0.15, 0.2) is 17.5 Å². The molecule has 0 radical (unpaired) electrons. The highest BCUT2D eigenvalue weighted by molar-refractivity contribution is 9.10. The Morgan fingerprint density at radius 2 is 1.85 bits per heavy atom. The molecule has 0 aliphatic carbocycles. The molecule has 0 saturated carbocycles. The number of hydrogen-bond donors (Lipinski definition) is 0. The van der Waals surface area contributed by atoms with Gasteiger partial charge >= 0.3 is 0 Å². The number of benzene rings is 1. The summed E-state index contributed by atoms with van der Waals surface area (Å²) in [6.45, 7) is 0. The summed E-state index contributed by atoms with van der Waals surface area (Å²) >= 11 is 3.01.